The van der Waals surface area contributed by atoms with Crippen molar-refractivity contribution in [3.05, 3.63) is 0 Å². The second kappa shape index (κ2) is 56.5. The molecule has 1 atom stereocenters. The number of ether oxygens (including phenoxy) is 1. The molecule has 0 aromatic carbocycles. The van der Waals surface area contributed by atoms with Crippen molar-refractivity contribution >= 4 is 5.97 Å². The molecule has 0 rings (SSSR count). The Labute approximate surface area is 534 Å². The summed E-state index contributed by atoms with van der Waals surface area (Å²) in [7, 11) is 0. The van der Waals surface area contributed by atoms with Crippen LogP contribution in [0.25, 0.3) is 0 Å². The first-order chi connectivity index (χ1) is 41.1. The Balaban J connectivity index is 10.8. The van der Waals surface area contributed by atoms with Crippen molar-refractivity contribution in [3.63, 3.8) is 0 Å². The van der Waals surface area contributed by atoms with E-state index in [9.17, 15) is 0 Å². The smallest absolute Gasteiger partial charge is 0.312 e. The lowest BCUT2D eigenvalue weighted by Gasteiger charge is -2.71. The summed E-state index contributed by atoms with van der Waals surface area (Å²) < 4.78 is 6.70. The predicted molar refractivity (Wildman–Crippen MR) is 382 cm³/mol. The number of hydrogen-bond donors (Lipinski definition) is 0. The van der Waals surface area contributed by atoms with Crippen molar-refractivity contribution in [2.24, 2.45) is 33.0 Å². The number of hydrogen-bond acceptors (Lipinski definition) is 2. The fourth-order valence-electron chi connectivity index (χ4n) is 18.1. The molecule has 0 amide bonds. The second-order valence-corrected chi connectivity index (χ2v) is 29.3. The van der Waals surface area contributed by atoms with Crippen LogP contribution < -0.4 is 0 Å². The highest BCUT2D eigenvalue weighted by Gasteiger charge is 2.68. The maximum Gasteiger partial charge on any atom is 0.312 e. The van der Waals surface area contributed by atoms with Crippen LogP contribution in [0.5, 0.6) is 0 Å². The van der Waals surface area contributed by atoms with E-state index in [1.165, 1.54) is 372 Å². The Morgan fingerprint density at radius 3 is 0.774 bits per heavy atom. The zero-order valence-corrected chi connectivity index (χ0v) is 61.2. The van der Waals surface area contributed by atoms with Gasteiger partial charge in [0, 0.05) is 0 Å². The van der Waals surface area contributed by atoms with Gasteiger partial charge in [-0.3, -0.25) is 4.79 Å². The zero-order valence-electron chi connectivity index (χ0n) is 61.2. The summed E-state index contributed by atoms with van der Waals surface area (Å²) in [5, 5.41) is 0. The SMILES string of the molecule is CCCCCCC(CC(CCCCCC)(CCCCCC)C(=O)OCC)C(CCCCCC)(CCCCCC)C(CCCCCC)(CCCCCC)C(CCCCCC)(CCCCCC)C(CCCCCC)(CCCCCC)CCCCCC. The molecule has 0 saturated carbocycles. The summed E-state index contributed by atoms with van der Waals surface area (Å²) in [6, 6.07) is 0. The van der Waals surface area contributed by atoms with E-state index in [0.717, 1.165) is 19.3 Å². The summed E-state index contributed by atoms with van der Waals surface area (Å²) in [5.74, 6) is 0.752. The molecule has 504 valence electrons. The van der Waals surface area contributed by atoms with E-state index in [2.05, 4.69) is 90.0 Å². The molecule has 2 nitrogen and oxygen atoms in total. The van der Waals surface area contributed by atoms with Crippen molar-refractivity contribution in [1.29, 1.82) is 0 Å². The molecule has 0 spiro atoms. The number of rotatable bonds is 68. The van der Waals surface area contributed by atoms with Gasteiger partial charge in [-0.2, -0.15) is 0 Å². The molecule has 0 saturated heterocycles. The third-order valence-electron chi connectivity index (χ3n) is 22.7. The van der Waals surface area contributed by atoms with Gasteiger partial charge in [0.25, 0.3) is 0 Å². The third-order valence-corrected chi connectivity index (χ3v) is 22.7. The Morgan fingerprint density at radius 2 is 0.500 bits per heavy atom. The van der Waals surface area contributed by atoms with Crippen molar-refractivity contribution in [1.82, 2.24) is 0 Å². The fourth-order valence-corrected chi connectivity index (χ4v) is 18.1. The molecule has 84 heavy (non-hydrogen) atoms. The molecule has 0 fully saturated rings. The molecule has 0 radical (unpaired) electrons. The van der Waals surface area contributed by atoms with Crippen LogP contribution in [0.1, 0.15) is 482 Å². The zero-order chi connectivity index (χ0) is 62.2. The minimum atomic E-state index is -0.413. The summed E-state index contributed by atoms with van der Waals surface area (Å²) >= 11 is 0. The Kier molecular flexibility index (Phi) is 56.1. The minimum absolute atomic E-state index is 0.153. The lowest BCUT2D eigenvalue weighted by Crippen LogP contribution is -2.63. The van der Waals surface area contributed by atoms with Gasteiger partial charge in [-0.25, -0.2) is 0 Å². The summed E-state index contributed by atoms with van der Waals surface area (Å²) in [6.45, 7) is 32.2. The van der Waals surface area contributed by atoms with Crippen molar-refractivity contribution in [2.45, 2.75) is 482 Å². The highest BCUT2D eigenvalue weighted by atomic mass is 16.5. The largest absolute Gasteiger partial charge is 0.466 e. The summed E-state index contributed by atoms with van der Waals surface area (Å²) in [5.41, 5.74) is 0.499. The molecule has 0 heterocycles. The molecule has 0 aromatic rings. The van der Waals surface area contributed by atoms with Gasteiger partial charge in [-0.1, -0.05) is 391 Å². The van der Waals surface area contributed by atoms with Crippen LogP contribution in [0.2, 0.25) is 0 Å². The number of unbranched alkanes of at least 4 members (excludes halogenated alkanes) is 36. The van der Waals surface area contributed by atoms with Gasteiger partial charge in [0.15, 0.2) is 0 Å². The van der Waals surface area contributed by atoms with E-state index >= 15 is 4.79 Å². The Bertz CT molecular complexity index is 1280. The van der Waals surface area contributed by atoms with E-state index in [1.54, 1.807) is 0 Å². The summed E-state index contributed by atoms with van der Waals surface area (Å²) in [4.78, 5) is 16.0. The molecule has 0 aliphatic heterocycles. The molecule has 0 bridgehead atoms. The second-order valence-electron chi connectivity index (χ2n) is 29.3. The van der Waals surface area contributed by atoms with Gasteiger partial charge in [-0.15, -0.1) is 0 Å². The maximum absolute atomic E-state index is 16.0. The van der Waals surface area contributed by atoms with Crippen molar-refractivity contribution in [3.8, 4) is 0 Å². The van der Waals surface area contributed by atoms with Gasteiger partial charge in [-0.05, 0) is 118 Å². The molecule has 2 heteroatoms. The van der Waals surface area contributed by atoms with E-state index in [0.29, 0.717) is 17.9 Å². The minimum Gasteiger partial charge on any atom is -0.466 e. The van der Waals surface area contributed by atoms with Crippen molar-refractivity contribution in [2.75, 3.05) is 6.61 Å². The Hall–Kier alpha value is -0.530. The van der Waals surface area contributed by atoms with Gasteiger partial charge in [0.05, 0.1) is 12.0 Å². The normalized spacial score (nSPS) is 13.2. The van der Waals surface area contributed by atoms with E-state index < -0.39 is 5.41 Å². The van der Waals surface area contributed by atoms with Crippen molar-refractivity contribution < 1.29 is 9.53 Å². The number of carbonyl (C=O) groups is 1. The van der Waals surface area contributed by atoms with E-state index in [4.69, 9.17) is 4.74 Å². The van der Waals surface area contributed by atoms with Crippen LogP contribution in [0.15, 0.2) is 0 Å². The van der Waals surface area contributed by atoms with Crippen LogP contribution in [-0.2, 0) is 9.53 Å². The van der Waals surface area contributed by atoms with E-state index in [-0.39, 0.29) is 22.2 Å². The highest BCUT2D eigenvalue weighted by Crippen LogP contribution is 2.76. The van der Waals surface area contributed by atoms with Gasteiger partial charge in [0.2, 0.25) is 0 Å². The van der Waals surface area contributed by atoms with Crippen LogP contribution in [-0.4, -0.2) is 12.6 Å². The topological polar surface area (TPSA) is 26.3 Å². The van der Waals surface area contributed by atoms with E-state index in [1.807, 2.05) is 0 Å². The first-order valence-electron chi connectivity index (χ1n) is 40.2. The molecular weight excluding hydrogens is 1020 g/mol. The molecule has 0 N–H and O–H groups in total. The number of esters is 1. The standard InChI is InChI=1S/C82H164O2/c1-14-27-39-51-63-76(75-78(77(83)84-26-13,64-52-40-28-15-2)65-53-41-29-16-3)80(69-57-45-33-20-7,70-58-46-34-21-8)82(73-61-49-37-24-11,74-62-50-38-25-12)81(71-59-47-35-22-9,72-60-48-36-23-10)79(66-54-42-30-17-4,67-55-43-31-18-5)68-56-44-32-19-6/h76H,14-75H2,1-13H3. The summed E-state index contributed by atoms with van der Waals surface area (Å²) in [6.07, 6.45) is 82.6. The molecular formula is C82H164O2. The predicted octanol–water partition coefficient (Wildman–Crippen LogP) is 30.1. The first kappa shape index (κ1) is 83.5. The Morgan fingerprint density at radius 1 is 0.262 bits per heavy atom. The molecule has 0 aliphatic rings. The molecule has 0 aromatic heterocycles. The quantitative estimate of drug-likeness (QED) is 0.0448. The van der Waals surface area contributed by atoms with Crippen LogP contribution in [0, 0.1) is 33.0 Å². The van der Waals surface area contributed by atoms with Crippen LogP contribution in [0.4, 0.5) is 0 Å². The average molecular weight is 1180 g/mol. The monoisotopic (exact) mass is 1180 g/mol. The molecule has 1 unspecified atom stereocenters. The lowest BCUT2D eigenvalue weighted by atomic mass is 9.33. The first-order valence-corrected chi connectivity index (χ1v) is 40.2. The van der Waals surface area contributed by atoms with Gasteiger partial charge >= 0.3 is 5.97 Å². The maximum atomic E-state index is 16.0. The number of carbonyl (C=O) groups excluding carboxylic acids is 1. The fraction of sp³-hybridized carbons (Fsp3) is 0.988. The lowest BCUT2D eigenvalue weighted by molar-refractivity contribution is -0.225. The van der Waals surface area contributed by atoms with Crippen LogP contribution in [0.3, 0.4) is 0 Å². The van der Waals surface area contributed by atoms with Gasteiger partial charge < -0.3 is 4.74 Å². The van der Waals surface area contributed by atoms with Gasteiger partial charge in [0.1, 0.15) is 0 Å². The third kappa shape index (κ3) is 31.5. The highest BCUT2D eigenvalue weighted by molar-refractivity contribution is 5.77. The average Bonchev–Trinajstić information content (AvgIpc) is 1.29. The molecule has 0 aliphatic carbocycles. The van der Waals surface area contributed by atoms with Crippen LogP contribution >= 0.6 is 0 Å².